The highest BCUT2D eigenvalue weighted by molar-refractivity contribution is 7.10. The van der Waals surface area contributed by atoms with Crippen LogP contribution in [0.15, 0.2) is 46.9 Å². The lowest BCUT2D eigenvalue weighted by atomic mass is 10.2. The summed E-state index contributed by atoms with van der Waals surface area (Å²) in [6.45, 7) is 1.69. The zero-order chi connectivity index (χ0) is 15.1. The smallest absolute Gasteiger partial charge is 0.372 e. The Morgan fingerprint density at radius 1 is 1.29 bits per heavy atom. The number of nitrogens with two attached hydrogens (primary N) is 1. The number of hydrogen-bond donors (Lipinski definition) is 1. The Kier molecular flexibility index (Phi) is 5.34. The van der Waals surface area contributed by atoms with Gasteiger partial charge in [0.05, 0.1) is 0 Å². The van der Waals surface area contributed by atoms with Gasteiger partial charge in [-0.05, 0) is 30.0 Å². The molecule has 2 rings (SSSR count). The molecule has 0 aliphatic carbocycles. The maximum absolute atomic E-state index is 11.5. The van der Waals surface area contributed by atoms with Crippen molar-refractivity contribution in [3.05, 3.63) is 52.2 Å². The first-order valence-electron chi connectivity index (χ1n) is 6.38. The molecule has 0 spiro atoms. The zero-order valence-electron chi connectivity index (χ0n) is 11.6. The molecular weight excluding hydrogens is 288 g/mol. The van der Waals surface area contributed by atoms with Gasteiger partial charge in [0.2, 0.25) is 0 Å². The average Bonchev–Trinajstić information content (AvgIpc) is 2.97. The van der Waals surface area contributed by atoms with Crippen molar-refractivity contribution in [2.75, 3.05) is 6.61 Å². The fourth-order valence-corrected chi connectivity index (χ4v) is 2.34. The molecule has 0 atom stereocenters. The quantitative estimate of drug-likeness (QED) is 0.385. The van der Waals surface area contributed by atoms with Gasteiger partial charge in [-0.3, -0.25) is 0 Å². The fourth-order valence-electron chi connectivity index (χ4n) is 1.61. The molecule has 1 heterocycles. The Balaban J connectivity index is 1.78. The van der Waals surface area contributed by atoms with E-state index in [9.17, 15) is 4.79 Å². The van der Waals surface area contributed by atoms with Gasteiger partial charge in [0.1, 0.15) is 11.6 Å². The van der Waals surface area contributed by atoms with E-state index in [2.05, 4.69) is 5.16 Å². The minimum absolute atomic E-state index is 0.208. The molecule has 2 aromatic rings. The van der Waals surface area contributed by atoms with Crippen LogP contribution in [0.25, 0.3) is 0 Å². The van der Waals surface area contributed by atoms with E-state index in [1.54, 1.807) is 17.4 Å². The van der Waals surface area contributed by atoms with Gasteiger partial charge < -0.3 is 15.3 Å². The number of nitrogens with zero attached hydrogens (tertiary/aromatic N) is 1. The summed E-state index contributed by atoms with van der Waals surface area (Å²) in [7, 11) is 0. The first-order chi connectivity index (χ1) is 10.1. The predicted molar refractivity (Wildman–Crippen MR) is 82.4 cm³/mol. The summed E-state index contributed by atoms with van der Waals surface area (Å²) in [5.41, 5.74) is 6.63. The van der Waals surface area contributed by atoms with Gasteiger partial charge in [0, 0.05) is 11.3 Å². The molecule has 21 heavy (non-hydrogen) atoms. The maximum Gasteiger partial charge on any atom is 0.372 e. The van der Waals surface area contributed by atoms with Crippen molar-refractivity contribution >= 4 is 23.1 Å². The Labute approximate surface area is 127 Å². The van der Waals surface area contributed by atoms with E-state index >= 15 is 0 Å². The number of benzene rings is 1. The van der Waals surface area contributed by atoms with Crippen molar-refractivity contribution in [1.29, 1.82) is 0 Å². The summed E-state index contributed by atoms with van der Waals surface area (Å²) >= 11 is 1.57. The number of carbonyl (C=O) groups is 1. The number of carbonyl (C=O) groups excluding carboxylic acids is 1. The highest BCUT2D eigenvalue weighted by Crippen LogP contribution is 2.15. The lowest BCUT2D eigenvalue weighted by Crippen LogP contribution is -2.18. The molecule has 0 unspecified atom stereocenters. The Hall–Kier alpha value is -2.34. The fraction of sp³-hybridized carbons (Fsp3) is 0.200. The van der Waals surface area contributed by atoms with Crippen molar-refractivity contribution in [3.8, 4) is 5.75 Å². The van der Waals surface area contributed by atoms with Crippen LogP contribution in [0.5, 0.6) is 5.75 Å². The molecular formula is C15H16N2O3S. The van der Waals surface area contributed by atoms with Crippen LogP contribution < -0.4 is 10.5 Å². The van der Waals surface area contributed by atoms with Crippen molar-refractivity contribution in [2.45, 2.75) is 13.3 Å². The molecule has 0 aliphatic heterocycles. The molecule has 0 fully saturated rings. The van der Waals surface area contributed by atoms with Crippen LogP contribution in [-0.4, -0.2) is 18.4 Å². The van der Waals surface area contributed by atoms with Crippen LogP contribution >= 0.6 is 11.3 Å². The number of aryl methyl sites for hydroxylation is 1. The summed E-state index contributed by atoms with van der Waals surface area (Å²) in [6, 6.07) is 11.3. The normalized spacial score (nSPS) is 11.2. The molecule has 2 N–H and O–H groups in total. The van der Waals surface area contributed by atoms with Gasteiger partial charge in [-0.1, -0.05) is 29.4 Å². The molecule has 0 radical (unpaired) electrons. The van der Waals surface area contributed by atoms with Crippen LogP contribution in [0.1, 0.15) is 10.4 Å². The number of ether oxygens (including phenoxy) is 1. The highest BCUT2D eigenvalue weighted by atomic mass is 32.1. The second kappa shape index (κ2) is 7.44. The number of oxime groups is 1. The largest absolute Gasteiger partial charge is 0.482 e. The van der Waals surface area contributed by atoms with E-state index < -0.39 is 5.97 Å². The van der Waals surface area contributed by atoms with E-state index in [-0.39, 0.29) is 12.4 Å². The van der Waals surface area contributed by atoms with Crippen LogP contribution in [0.3, 0.4) is 0 Å². The second-order valence-electron chi connectivity index (χ2n) is 4.36. The van der Waals surface area contributed by atoms with Gasteiger partial charge >= 0.3 is 5.97 Å². The van der Waals surface area contributed by atoms with Crippen LogP contribution in [-0.2, 0) is 16.1 Å². The molecule has 0 aliphatic rings. The number of hydrogen-bond acceptors (Lipinski definition) is 5. The molecule has 0 amide bonds. The van der Waals surface area contributed by atoms with E-state index in [0.717, 1.165) is 10.4 Å². The molecule has 1 aromatic heterocycles. The third kappa shape index (κ3) is 4.92. The standard InChI is InChI=1S/C15H16N2O3S/c1-11-5-2-3-7-13(11)19-10-15(18)20-17-14(16)9-12-6-4-8-21-12/h2-8H,9-10H2,1H3,(H2,16,17). The summed E-state index contributed by atoms with van der Waals surface area (Å²) in [5, 5.41) is 5.55. The lowest BCUT2D eigenvalue weighted by Gasteiger charge is -2.06. The monoisotopic (exact) mass is 304 g/mol. The Morgan fingerprint density at radius 3 is 2.81 bits per heavy atom. The lowest BCUT2D eigenvalue weighted by molar-refractivity contribution is -0.146. The molecule has 0 saturated carbocycles. The van der Waals surface area contributed by atoms with E-state index in [1.807, 2.05) is 42.6 Å². The van der Waals surface area contributed by atoms with Crippen molar-refractivity contribution in [1.82, 2.24) is 0 Å². The van der Waals surface area contributed by atoms with Crippen molar-refractivity contribution in [3.63, 3.8) is 0 Å². The SMILES string of the molecule is Cc1ccccc1OCC(=O)O/N=C(/N)Cc1cccs1. The minimum atomic E-state index is -0.590. The molecule has 0 bridgehead atoms. The maximum atomic E-state index is 11.5. The molecule has 6 heteroatoms. The predicted octanol–water partition coefficient (Wildman–Crippen LogP) is 2.49. The minimum Gasteiger partial charge on any atom is -0.482 e. The first-order valence-corrected chi connectivity index (χ1v) is 7.26. The summed E-state index contributed by atoms with van der Waals surface area (Å²) in [6.07, 6.45) is 0.462. The summed E-state index contributed by atoms with van der Waals surface area (Å²) in [4.78, 5) is 17.3. The molecule has 0 saturated heterocycles. The molecule has 1 aromatic carbocycles. The van der Waals surface area contributed by atoms with E-state index in [4.69, 9.17) is 15.3 Å². The van der Waals surface area contributed by atoms with Crippen LogP contribution in [0, 0.1) is 6.92 Å². The zero-order valence-corrected chi connectivity index (χ0v) is 12.4. The number of thiophene rings is 1. The Morgan fingerprint density at radius 2 is 2.10 bits per heavy atom. The third-order valence-electron chi connectivity index (χ3n) is 2.64. The Bertz CT molecular complexity index is 624. The third-order valence-corrected chi connectivity index (χ3v) is 3.52. The van der Waals surface area contributed by atoms with E-state index in [0.29, 0.717) is 12.2 Å². The second-order valence-corrected chi connectivity index (χ2v) is 5.39. The number of amidine groups is 1. The van der Waals surface area contributed by atoms with Crippen molar-refractivity contribution in [2.24, 2.45) is 10.9 Å². The van der Waals surface area contributed by atoms with Gasteiger partial charge in [0.15, 0.2) is 6.61 Å². The topological polar surface area (TPSA) is 73.9 Å². The number of rotatable bonds is 6. The van der Waals surface area contributed by atoms with Gasteiger partial charge in [-0.25, -0.2) is 4.79 Å². The van der Waals surface area contributed by atoms with Gasteiger partial charge in [-0.2, -0.15) is 0 Å². The summed E-state index contributed by atoms with van der Waals surface area (Å²) < 4.78 is 5.35. The average molecular weight is 304 g/mol. The molecule has 5 nitrogen and oxygen atoms in total. The summed E-state index contributed by atoms with van der Waals surface area (Å²) in [5.74, 6) is 0.305. The number of para-hydroxylation sites is 1. The van der Waals surface area contributed by atoms with Crippen LogP contribution in [0.4, 0.5) is 0 Å². The first kappa shape index (κ1) is 15.1. The van der Waals surface area contributed by atoms with E-state index in [1.165, 1.54) is 0 Å². The van der Waals surface area contributed by atoms with Gasteiger partial charge in [0.25, 0.3) is 0 Å². The van der Waals surface area contributed by atoms with Crippen LogP contribution in [0.2, 0.25) is 0 Å². The van der Waals surface area contributed by atoms with Gasteiger partial charge in [-0.15, -0.1) is 11.3 Å². The van der Waals surface area contributed by atoms with Crippen molar-refractivity contribution < 1.29 is 14.4 Å². The highest BCUT2D eigenvalue weighted by Gasteiger charge is 2.06. The molecule has 110 valence electrons.